The van der Waals surface area contributed by atoms with E-state index in [1.807, 2.05) is 6.92 Å². The second kappa shape index (κ2) is 9.64. The minimum absolute atomic E-state index is 0.0601. The molecule has 30 heavy (non-hydrogen) atoms. The van der Waals surface area contributed by atoms with Crippen molar-refractivity contribution in [2.45, 2.75) is 20.5 Å². The molecule has 0 aliphatic rings. The van der Waals surface area contributed by atoms with Crippen molar-refractivity contribution in [3.8, 4) is 22.9 Å². The minimum atomic E-state index is -2.95. The van der Waals surface area contributed by atoms with Crippen molar-refractivity contribution in [1.29, 1.82) is 0 Å². The number of halogens is 2. The lowest BCUT2D eigenvalue weighted by atomic mass is 10.1. The number of carbonyl (C=O) groups excluding carboxylic acids is 1. The van der Waals surface area contributed by atoms with E-state index in [2.05, 4.69) is 25.2 Å². The van der Waals surface area contributed by atoms with Crippen LogP contribution in [0.3, 0.4) is 0 Å². The summed E-state index contributed by atoms with van der Waals surface area (Å²) in [5.74, 6) is 1.07. The molecule has 0 atom stereocenters. The Kier molecular flexibility index (Phi) is 6.74. The fourth-order valence-electron chi connectivity index (χ4n) is 2.62. The second-order valence-corrected chi connectivity index (χ2v) is 6.16. The molecule has 0 saturated carbocycles. The van der Waals surface area contributed by atoms with Crippen molar-refractivity contribution in [2.75, 3.05) is 11.9 Å². The van der Waals surface area contributed by atoms with Gasteiger partial charge in [-0.25, -0.2) is 4.98 Å². The Bertz CT molecular complexity index is 1030. The Morgan fingerprint density at radius 2 is 1.97 bits per heavy atom. The molecule has 156 valence electrons. The Hall–Kier alpha value is -3.75. The maximum Gasteiger partial charge on any atom is 0.387 e. The summed E-state index contributed by atoms with van der Waals surface area (Å²) in [6.07, 6.45) is 2.89. The van der Waals surface area contributed by atoms with Crippen LogP contribution in [0, 0.1) is 6.92 Å². The number of amides is 1. The molecule has 3 rings (SSSR count). The van der Waals surface area contributed by atoms with Crippen LogP contribution < -0.4 is 14.8 Å². The van der Waals surface area contributed by atoms with Gasteiger partial charge in [0.15, 0.2) is 17.3 Å². The summed E-state index contributed by atoms with van der Waals surface area (Å²) in [4.78, 5) is 16.4. The molecule has 0 aliphatic heterocycles. The molecule has 0 saturated heterocycles. The number of hydrogen-bond acceptors (Lipinski definition) is 5. The highest BCUT2D eigenvalue weighted by atomic mass is 19.3. The molecular weight excluding hydrogens is 394 g/mol. The van der Waals surface area contributed by atoms with Gasteiger partial charge in [-0.15, -0.1) is 0 Å². The van der Waals surface area contributed by atoms with Crippen LogP contribution in [0.5, 0.6) is 11.5 Å². The van der Waals surface area contributed by atoms with Crippen molar-refractivity contribution in [3.63, 3.8) is 0 Å². The summed E-state index contributed by atoms with van der Waals surface area (Å²) >= 11 is 0. The molecule has 0 radical (unpaired) electrons. The molecule has 0 spiro atoms. The lowest BCUT2D eigenvalue weighted by Crippen LogP contribution is -2.07. The van der Waals surface area contributed by atoms with Crippen LogP contribution in [0.2, 0.25) is 0 Å². The fraction of sp³-hybridized carbons (Fsp3) is 0.190. The predicted molar refractivity (Wildman–Crippen MR) is 108 cm³/mol. The monoisotopic (exact) mass is 414 g/mol. The van der Waals surface area contributed by atoms with Crippen LogP contribution >= 0.6 is 0 Å². The SMILES string of the molecule is CCOc1cc(/C=C/C(=O)Nc2ccc(-c3n[nH]c(C)n3)cc2)ccc1OC(F)F. The Balaban J connectivity index is 1.64. The third kappa shape index (κ3) is 5.63. The smallest absolute Gasteiger partial charge is 0.387 e. The maximum absolute atomic E-state index is 12.5. The van der Waals surface area contributed by atoms with Gasteiger partial charge >= 0.3 is 6.61 Å². The Labute approximate surface area is 171 Å². The maximum atomic E-state index is 12.5. The number of anilines is 1. The zero-order chi connectivity index (χ0) is 21.5. The van der Waals surface area contributed by atoms with E-state index in [0.29, 0.717) is 22.9 Å². The second-order valence-electron chi connectivity index (χ2n) is 6.16. The first kappa shape index (κ1) is 21.0. The number of ether oxygens (including phenoxy) is 2. The number of rotatable bonds is 8. The molecular formula is C21H20F2N4O3. The number of alkyl halides is 2. The van der Waals surface area contributed by atoms with Crippen LogP contribution in [0.1, 0.15) is 18.3 Å². The van der Waals surface area contributed by atoms with Gasteiger partial charge in [0.1, 0.15) is 5.82 Å². The number of aromatic nitrogens is 3. The largest absolute Gasteiger partial charge is 0.490 e. The zero-order valence-corrected chi connectivity index (χ0v) is 16.4. The zero-order valence-electron chi connectivity index (χ0n) is 16.4. The average Bonchev–Trinajstić information content (AvgIpc) is 3.15. The molecule has 1 amide bonds. The molecule has 0 unspecified atom stereocenters. The Morgan fingerprint density at radius 1 is 1.20 bits per heavy atom. The normalized spacial score (nSPS) is 11.1. The van der Waals surface area contributed by atoms with Crippen LogP contribution in [-0.2, 0) is 4.79 Å². The number of carbonyl (C=O) groups is 1. The minimum Gasteiger partial charge on any atom is -0.490 e. The number of nitrogens with one attached hydrogen (secondary N) is 2. The van der Waals surface area contributed by atoms with Crippen molar-refractivity contribution >= 4 is 17.7 Å². The topological polar surface area (TPSA) is 89.1 Å². The van der Waals surface area contributed by atoms with Gasteiger partial charge in [0.25, 0.3) is 0 Å². The van der Waals surface area contributed by atoms with Gasteiger partial charge in [-0.2, -0.15) is 13.9 Å². The molecule has 0 fully saturated rings. The van der Waals surface area contributed by atoms with Gasteiger partial charge in [0, 0.05) is 17.3 Å². The number of benzene rings is 2. The highest BCUT2D eigenvalue weighted by Crippen LogP contribution is 2.30. The molecule has 7 nitrogen and oxygen atoms in total. The number of aryl methyl sites for hydroxylation is 1. The van der Waals surface area contributed by atoms with E-state index < -0.39 is 6.61 Å². The summed E-state index contributed by atoms with van der Waals surface area (Å²) in [6, 6.07) is 11.6. The van der Waals surface area contributed by atoms with Gasteiger partial charge in [-0.05, 0) is 61.9 Å². The summed E-state index contributed by atoms with van der Waals surface area (Å²) < 4.78 is 34.7. The van der Waals surface area contributed by atoms with E-state index in [1.165, 1.54) is 18.2 Å². The third-order valence-corrected chi connectivity index (χ3v) is 3.92. The first-order valence-electron chi connectivity index (χ1n) is 9.14. The van der Waals surface area contributed by atoms with E-state index in [9.17, 15) is 13.6 Å². The number of nitrogens with zero attached hydrogens (tertiary/aromatic N) is 2. The molecule has 0 bridgehead atoms. The first-order chi connectivity index (χ1) is 14.4. The van der Waals surface area contributed by atoms with Gasteiger partial charge in [-0.1, -0.05) is 6.07 Å². The fourth-order valence-corrected chi connectivity index (χ4v) is 2.62. The molecule has 9 heteroatoms. The lowest BCUT2D eigenvalue weighted by molar-refractivity contribution is -0.111. The number of aromatic amines is 1. The average molecular weight is 414 g/mol. The summed E-state index contributed by atoms with van der Waals surface area (Å²) in [5.41, 5.74) is 2.03. The van der Waals surface area contributed by atoms with E-state index in [1.54, 1.807) is 43.3 Å². The summed E-state index contributed by atoms with van der Waals surface area (Å²) in [7, 11) is 0. The highest BCUT2D eigenvalue weighted by molar-refractivity contribution is 6.02. The van der Waals surface area contributed by atoms with Crippen molar-refractivity contribution in [3.05, 3.63) is 59.9 Å². The van der Waals surface area contributed by atoms with Gasteiger partial charge in [-0.3, -0.25) is 9.89 Å². The molecule has 3 aromatic rings. The molecule has 2 N–H and O–H groups in total. The van der Waals surface area contributed by atoms with Gasteiger partial charge in [0.05, 0.1) is 6.61 Å². The Morgan fingerprint density at radius 3 is 2.60 bits per heavy atom. The number of H-pyrrole nitrogens is 1. The highest BCUT2D eigenvalue weighted by Gasteiger charge is 2.11. The van der Waals surface area contributed by atoms with Crippen LogP contribution in [-0.4, -0.2) is 34.3 Å². The van der Waals surface area contributed by atoms with E-state index >= 15 is 0 Å². The quantitative estimate of drug-likeness (QED) is 0.532. The molecule has 1 aromatic heterocycles. The van der Waals surface area contributed by atoms with Crippen molar-refractivity contribution in [1.82, 2.24) is 15.2 Å². The van der Waals surface area contributed by atoms with E-state index in [-0.39, 0.29) is 24.0 Å². The summed E-state index contributed by atoms with van der Waals surface area (Å²) in [6.45, 7) is 0.886. The van der Waals surface area contributed by atoms with Gasteiger partial charge in [0.2, 0.25) is 5.91 Å². The standard InChI is InChI=1S/C21H20F2N4O3/c1-3-29-18-12-14(4-10-17(18)30-21(22)23)5-11-19(28)25-16-8-6-15(7-9-16)20-24-13(2)26-27-20/h4-12,21H,3H2,1-2H3,(H,25,28)(H,24,26,27)/b11-5+. The van der Waals surface area contributed by atoms with E-state index in [4.69, 9.17) is 4.74 Å². The van der Waals surface area contributed by atoms with Crippen LogP contribution in [0.25, 0.3) is 17.5 Å². The molecule has 1 heterocycles. The van der Waals surface area contributed by atoms with Gasteiger partial charge < -0.3 is 14.8 Å². The lowest BCUT2D eigenvalue weighted by Gasteiger charge is -2.11. The molecule has 0 aliphatic carbocycles. The third-order valence-electron chi connectivity index (χ3n) is 3.92. The van der Waals surface area contributed by atoms with Crippen LogP contribution in [0.15, 0.2) is 48.5 Å². The predicted octanol–water partition coefficient (Wildman–Crippen LogP) is 4.43. The van der Waals surface area contributed by atoms with E-state index in [0.717, 1.165) is 5.56 Å². The number of hydrogen-bond donors (Lipinski definition) is 2. The summed E-state index contributed by atoms with van der Waals surface area (Å²) in [5, 5.41) is 9.61. The van der Waals surface area contributed by atoms with Crippen molar-refractivity contribution < 1.29 is 23.0 Å². The van der Waals surface area contributed by atoms with Crippen LogP contribution in [0.4, 0.5) is 14.5 Å². The first-order valence-corrected chi connectivity index (χ1v) is 9.14. The molecule has 2 aromatic carbocycles. The van der Waals surface area contributed by atoms with Crippen molar-refractivity contribution in [2.24, 2.45) is 0 Å².